The number of fused-ring (bicyclic) bond motifs is 2. The molecule has 2 atom stereocenters. The number of halogens is 1. The molecule has 3 aliphatic rings. The van der Waals surface area contributed by atoms with Gasteiger partial charge in [-0.1, -0.05) is 24.3 Å². The standard InChI is InChI=1S/C30H34FN3O5/c1-37-29(36)21-7-9-24(10-8-21)38-18-23-16-22(31)17-34(23)28(35)15-19-6-11-25-27(14-19)39-30(32-25)33-13-12-20-4-2-3-5-26(20)33/h2-6,11,14,21-24H,7-10,12-13,15-18H2,1H3/t21-,22-,23-,24-/m0/s1. The predicted octanol–water partition coefficient (Wildman–Crippen LogP) is 4.75. The largest absolute Gasteiger partial charge is 0.469 e. The highest BCUT2D eigenvalue weighted by molar-refractivity contribution is 5.82. The van der Waals surface area contributed by atoms with Crippen LogP contribution in [-0.2, 0) is 31.9 Å². The van der Waals surface area contributed by atoms with Crippen molar-refractivity contribution in [3.8, 4) is 0 Å². The van der Waals surface area contributed by atoms with Crippen molar-refractivity contribution in [3.05, 3.63) is 53.6 Å². The lowest BCUT2D eigenvalue weighted by molar-refractivity contribution is -0.148. The number of carbonyl (C=O) groups excluding carboxylic acids is 2. The van der Waals surface area contributed by atoms with Crippen molar-refractivity contribution in [2.75, 3.05) is 31.7 Å². The number of anilines is 2. The van der Waals surface area contributed by atoms with Crippen LogP contribution in [0.15, 0.2) is 46.9 Å². The zero-order valence-corrected chi connectivity index (χ0v) is 22.2. The van der Waals surface area contributed by atoms with Gasteiger partial charge < -0.3 is 18.8 Å². The number of likely N-dealkylation sites (tertiary alicyclic amines) is 1. The molecule has 1 saturated carbocycles. The Morgan fingerprint density at radius 3 is 2.77 bits per heavy atom. The molecule has 1 amide bonds. The molecule has 3 aromatic rings. The molecular weight excluding hydrogens is 501 g/mol. The third-order valence-electron chi connectivity index (χ3n) is 8.33. The molecule has 39 heavy (non-hydrogen) atoms. The first-order valence-corrected chi connectivity index (χ1v) is 13.9. The number of methoxy groups -OCH3 is 1. The van der Waals surface area contributed by atoms with Gasteiger partial charge in [-0.15, -0.1) is 0 Å². The summed E-state index contributed by atoms with van der Waals surface area (Å²) in [4.78, 5) is 33.4. The summed E-state index contributed by atoms with van der Waals surface area (Å²) < 4.78 is 31.5. The Balaban J connectivity index is 1.08. The third-order valence-corrected chi connectivity index (χ3v) is 8.33. The molecule has 0 spiro atoms. The zero-order valence-electron chi connectivity index (χ0n) is 22.2. The highest BCUT2D eigenvalue weighted by atomic mass is 19.1. The van der Waals surface area contributed by atoms with Gasteiger partial charge >= 0.3 is 12.0 Å². The van der Waals surface area contributed by atoms with E-state index in [1.54, 1.807) is 4.90 Å². The smallest absolute Gasteiger partial charge is 0.308 e. The summed E-state index contributed by atoms with van der Waals surface area (Å²) in [7, 11) is 1.42. The van der Waals surface area contributed by atoms with Gasteiger partial charge in [0.15, 0.2) is 5.58 Å². The number of hydrogen-bond donors (Lipinski definition) is 0. The Kier molecular flexibility index (Phi) is 7.25. The van der Waals surface area contributed by atoms with Gasteiger partial charge in [0, 0.05) is 18.7 Å². The first kappa shape index (κ1) is 25.8. The lowest BCUT2D eigenvalue weighted by atomic mass is 9.87. The van der Waals surface area contributed by atoms with Gasteiger partial charge in [-0.3, -0.25) is 14.5 Å². The molecule has 6 rings (SSSR count). The minimum Gasteiger partial charge on any atom is -0.469 e. The van der Waals surface area contributed by atoms with E-state index in [2.05, 4.69) is 22.0 Å². The van der Waals surface area contributed by atoms with Crippen molar-refractivity contribution < 1.29 is 27.9 Å². The van der Waals surface area contributed by atoms with Gasteiger partial charge in [-0.25, -0.2) is 4.39 Å². The highest BCUT2D eigenvalue weighted by Crippen LogP contribution is 2.35. The molecule has 2 aromatic carbocycles. The number of carbonyl (C=O) groups is 2. The van der Waals surface area contributed by atoms with E-state index >= 15 is 0 Å². The number of amides is 1. The number of aromatic nitrogens is 1. The van der Waals surface area contributed by atoms with Gasteiger partial charge in [0.05, 0.1) is 44.7 Å². The van der Waals surface area contributed by atoms with Crippen LogP contribution in [0.3, 0.4) is 0 Å². The number of ether oxygens (including phenoxy) is 2. The molecule has 0 radical (unpaired) electrons. The molecule has 3 heterocycles. The van der Waals surface area contributed by atoms with E-state index in [4.69, 9.17) is 13.9 Å². The minimum absolute atomic E-state index is 0.0205. The molecule has 0 N–H and O–H groups in total. The second-order valence-electron chi connectivity index (χ2n) is 10.9. The summed E-state index contributed by atoms with van der Waals surface area (Å²) in [6, 6.07) is 14.1. The molecule has 9 heteroatoms. The second-order valence-corrected chi connectivity index (χ2v) is 10.9. The summed E-state index contributed by atoms with van der Waals surface area (Å²) in [5.74, 6) is -0.355. The van der Waals surface area contributed by atoms with E-state index in [-0.39, 0.29) is 49.3 Å². The van der Waals surface area contributed by atoms with Crippen molar-refractivity contribution in [2.24, 2.45) is 5.92 Å². The van der Waals surface area contributed by atoms with Gasteiger partial charge in [0.25, 0.3) is 0 Å². The van der Waals surface area contributed by atoms with Crippen molar-refractivity contribution in [3.63, 3.8) is 0 Å². The quantitative estimate of drug-likeness (QED) is 0.404. The van der Waals surface area contributed by atoms with E-state index in [1.807, 2.05) is 30.3 Å². The molecule has 206 valence electrons. The van der Waals surface area contributed by atoms with Crippen molar-refractivity contribution in [2.45, 2.75) is 63.3 Å². The summed E-state index contributed by atoms with van der Waals surface area (Å²) in [5, 5.41) is 0. The van der Waals surface area contributed by atoms with Gasteiger partial charge in [0.2, 0.25) is 5.91 Å². The van der Waals surface area contributed by atoms with Crippen LogP contribution in [0.5, 0.6) is 0 Å². The Morgan fingerprint density at radius 1 is 1.13 bits per heavy atom. The minimum atomic E-state index is -1.06. The molecule has 2 fully saturated rings. The normalized spacial score (nSPS) is 24.8. The topological polar surface area (TPSA) is 85.1 Å². The first-order valence-electron chi connectivity index (χ1n) is 13.9. The van der Waals surface area contributed by atoms with E-state index in [0.29, 0.717) is 18.2 Å². The maximum atomic E-state index is 14.4. The van der Waals surface area contributed by atoms with E-state index in [0.717, 1.165) is 55.4 Å². The van der Waals surface area contributed by atoms with E-state index in [1.165, 1.54) is 12.7 Å². The van der Waals surface area contributed by atoms with Crippen molar-refractivity contribution in [1.82, 2.24) is 9.88 Å². The molecule has 8 nitrogen and oxygen atoms in total. The third kappa shape index (κ3) is 5.37. The molecule has 1 aromatic heterocycles. The van der Waals surface area contributed by atoms with Gasteiger partial charge in [-0.2, -0.15) is 4.98 Å². The summed E-state index contributed by atoms with van der Waals surface area (Å²) in [6.45, 7) is 1.21. The van der Waals surface area contributed by atoms with Crippen LogP contribution in [0, 0.1) is 5.92 Å². The van der Waals surface area contributed by atoms with Crippen LogP contribution in [0.4, 0.5) is 16.1 Å². The number of para-hydroxylation sites is 1. The second kappa shape index (κ2) is 11.0. The number of esters is 1. The number of rotatable bonds is 7. The average Bonchev–Trinajstić information content (AvgIpc) is 3.67. The maximum absolute atomic E-state index is 14.4. The van der Waals surface area contributed by atoms with Crippen molar-refractivity contribution in [1.29, 1.82) is 0 Å². The monoisotopic (exact) mass is 535 g/mol. The number of nitrogens with zero attached hydrogens (tertiary/aromatic N) is 3. The van der Waals surface area contributed by atoms with Crippen LogP contribution in [0.2, 0.25) is 0 Å². The molecule has 2 aliphatic heterocycles. The Hall–Kier alpha value is -3.46. The van der Waals surface area contributed by atoms with E-state index in [9.17, 15) is 14.0 Å². The Morgan fingerprint density at radius 2 is 1.95 bits per heavy atom. The average molecular weight is 536 g/mol. The van der Waals surface area contributed by atoms with Crippen LogP contribution in [0.25, 0.3) is 11.1 Å². The highest BCUT2D eigenvalue weighted by Gasteiger charge is 2.36. The molecule has 0 unspecified atom stereocenters. The maximum Gasteiger partial charge on any atom is 0.308 e. The molecular formula is C30H34FN3O5. The summed E-state index contributed by atoms with van der Waals surface area (Å²) in [5.41, 5.74) is 4.56. The fourth-order valence-electron chi connectivity index (χ4n) is 6.20. The lowest BCUT2D eigenvalue weighted by Gasteiger charge is -2.30. The number of alkyl halides is 1. The summed E-state index contributed by atoms with van der Waals surface area (Å²) in [6.07, 6.45) is 3.34. The van der Waals surface area contributed by atoms with Crippen molar-refractivity contribution >= 4 is 34.7 Å². The summed E-state index contributed by atoms with van der Waals surface area (Å²) >= 11 is 0. The van der Waals surface area contributed by atoms with Crippen LogP contribution < -0.4 is 4.90 Å². The van der Waals surface area contributed by atoms with Crippen LogP contribution in [-0.4, -0.2) is 66.9 Å². The predicted molar refractivity (Wildman–Crippen MR) is 144 cm³/mol. The fourth-order valence-corrected chi connectivity index (χ4v) is 6.20. The molecule has 1 saturated heterocycles. The first-order chi connectivity index (χ1) is 19.0. The fraction of sp³-hybridized carbons (Fsp3) is 0.500. The van der Waals surface area contributed by atoms with Crippen LogP contribution in [0.1, 0.15) is 43.2 Å². The number of oxazole rings is 1. The lowest BCUT2D eigenvalue weighted by Crippen LogP contribution is -2.40. The zero-order chi connectivity index (χ0) is 26.9. The molecule has 1 aliphatic carbocycles. The SMILES string of the molecule is COC(=O)[C@H]1CC[C@H](OC[C@@H]2C[C@H](F)CN2C(=O)Cc2ccc3nc(N4CCc5ccccc54)oc3c2)CC1. The molecule has 0 bridgehead atoms. The Labute approximate surface area is 227 Å². The number of benzene rings is 2. The van der Waals surface area contributed by atoms with E-state index < -0.39 is 6.17 Å². The number of hydrogen-bond acceptors (Lipinski definition) is 7. The Bertz CT molecular complexity index is 1350. The van der Waals surface area contributed by atoms with Gasteiger partial charge in [-0.05, 0) is 61.4 Å². The van der Waals surface area contributed by atoms with Crippen LogP contribution >= 0.6 is 0 Å². The van der Waals surface area contributed by atoms with Gasteiger partial charge in [0.1, 0.15) is 11.7 Å².